The summed E-state index contributed by atoms with van der Waals surface area (Å²) < 4.78 is 51.0. The van der Waals surface area contributed by atoms with E-state index in [4.69, 9.17) is 9.47 Å². The van der Waals surface area contributed by atoms with E-state index in [0.29, 0.717) is 42.3 Å². The lowest BCUT2D eigenvalue weighted by Crippen LogP contribution is -2.48. The van der Waals surface area contributed by atoms with Gasteiger partial charge in [0.1, 0.15) is 17.0 Å². The molecule has 192 valence electrons. The second-order valence-corrected chi connectivity index (χ2v) is 9.29. The number of halogens is 3. The van der Waals surface area contributed by atoms with Crippen LogP contribution in [-0.2, 0) is 10.9 Å². The van der Waals surface area contributed by atoms with Crippen molar-refractivity contribution in [2.24, 2.45) is 5.16 Å². The summed E-state index contributed by atoms with van der Waals surface area (Å²) in [7, 11) is 0. The van der Waals surface area contributed by atoms with Crippen LogP contribution in [0, 0.1) is 6.92 Å². The molecule has 1 aromatic heterocycles. The third kappa shape index (κ3) is 5.01. The first kappa shape index (κ1) is 24.8. The normalized spacial score (nSPS) is 20.4. The molecule has 3 heterocycles. The average molecular weight is 512 g/mol. The SMILES string of the molecule is Cc1ccc(NC(=O)c2ccnc(C(F)(F)F)c2)cc1-c1ccc2c(c1)OC1(CCCOC1)C/C2=N/O. The second kappa shape index (κ2) is 9.51. The van der Waals surface area contributed by atoms with Gasteiger partial charge in [-0.3, -0.25) is 9.78 Å². The van der Waals surface area contributed by atoms with Gasteiger partial charge >= 0.3 is 6.18 Å². The lowest BCUT2D eigenvalue weighted by atomic mass is 9.84. The number of benzene rings is 2. The van der Waals surface area contributed by atoms with Crippen molar-refractivity contribution in [3.63, 3.8) is 0 Å². The zero-order valence-corrected chi connectivity index (χ0v) is 19.9. The Morgan fingerprint density at radius 3 is 2.70 bits per heavy atom. The summed E-state index contributed by atoms with van der Waals surface area (Å²) in [6, 6.07) is 12.8. The average Bonchev–Trinajstić information content (AvgIpc) is 2.89. The van der Waals surface area contributed by atoms with Gasteiger partial charge in [0.05, 0.1) is 12.3 Å². The molecule has 1 fully saturated rings. The standard InChI is InChI=1S/C27H24F3N3O4/c1-16-3-5-19(32-25(34)18-7-9-31-24(12-18)27(28,29)30)13-21(16)17-4-6-20-22(33-35)14-26(37-23(20)11-17)8-2-10-36-15-26/h3-7,9,11-13,35H,2,8,10,14-15H2,1H3,(H,32,34)/b33-22-. The van der Waals surface area contributed by atoms with Crippen molar-refractivity contribution in [1.29, 1.82) is 0 Å². The molecule has 2 aromatic carbocycles. The summed E-state index contributed by atoms with van der Waals surface area (Å²) in [5, 5.41) is 15.8. The molecule has 1 amide bonds. The van der Waals surface area contributed by atoms with Gasteiger partial charge in [0.25, 0.3) is 5.91 Å². The van der Waals surface area contributed by atoms with Crippen molar-refractivity contribution < 1.29 is 32.6 Å². The Kier molecular flexibility index (Phi) is 6.36. The Labute approximate surface area is 210 Å². The lowest BCUT2D eigenvalue weighted by molar-refractivity contribution is -0.141. The molecule has 10 heteroatoms. The number of nitrogens with zero attached hydrogens (tertiary/aromatic N) is 2. The molecule has 1 saturated heterocycles. The van der Waals surface area contributed by atoms with E-state index in [0.717, 1.165) is 41.8 Å². The Morgan fingerprint density at radius 1 is 1.14 bits per heavy atom. The van der Waals surface area contributed by atoms with E-state index in [9.17, 15) is 23.2 Å². The zero-order valence-electron chi connectivity index (χ0n) is 19.9. The van der Waals surface area contributed by atoms with Crippen molar-refractivity contribution in [2.45, 2.75) is 38.0 Å². The van der Waals surface area contributed by atoms with Gasteiger partial charge in [0.15, 0.2) is 0 Å². The number of oxime groups is 1. The Morgan fingerprint density at radius 2 is 1.97 bits per heavy atom. The predicted molar refractivity (Wildman–Crippen MR) is 130 cm³/mol. The maximum Gasteiger partial charge on any atom is 0.433 e. The molecule has 1 unspecified atom stereocenters. The second-order valence-electron chi connectivity index (χ2n) is 9.29. The Balaban J connectivity index is 1.44. The number of alkyl halides is 3. The lowest BCUT2D eigenvalue weighted by Gasteiger charge is -2.41. The number of anilines is 1. The Bertz CT molecular complexity index is 1380. The van der Waals surface area contributed by atoms with Crippen molar-refractivity contribution in [1.82, 2.24) is 4.98 Å². The van der Waals surface area contributed by atoms with Crippen molar-refractivity contribution in [3.05, 3.63) is 77.1 Å². The minimum Gasteiger partial charge on any atom is -0.484 e. The van der Waals surface area contributed by atoms with Crippen molar-refractivity contribution in [2.75, 3.05) is 18.5 Å². The Hall–Kier alpha value is -3.92. The number of aryl methyl sites for hydroxylation is 1. The van der Waals surface area contributed by atoms with E-state index in [-0.39, 0.29) is 5.56 Å². The number of pyridine rings is 1. The molecule has 0 radical (unpaired) electrons. The van der Waals surface area contributed by atoms with Gasteiger partial charge in [-0.25, -0.2) is 0 Å². The minimum absolute atomic E-state index is 0.151. The highest BCUT2D eigenvalue weighted by Crippen LogP contribution is 2.41. The van der Waals surface area contributed by atoms with E-state index < -0.39 is 23.4 Å². The topological polar surface area (TPSA) is 93.0 Å². The number of carbonyl (C=O) groups excluding carboxylic acids is 1. The number of aromatic nitrogens is 1. The van der Waals surface area contributed by atoms with Gasteiger partial charge in [-0.1, -0.05) is 17.3 Å². The first-order valence-corrected chi connectivity index (χ1v) is 11.8. The molecule has 1 spiro atoms. The molecular weight excluding hydrogens is 487 g/mol. The molecule has 0 aliphatic carbocycles. The molecule has 5 rings (SSSR count). The van der Waals surface area contributed by atoms with E-state index in [1.165, 1.54) is 6.07 Å². The van der Waals surface area contributed by atoms with Gasteiger partial charge < -0.3 is 20.0 Å². The summed E-state index contributed by atoms with van der Waals surface area (Å²) in [6.07, 6.45) is -1.62. The van der Waals surface area contributed by atoms with Gasteiger partial charge in [0.2, 0.25) is 0 Å². The van der Waals surface area contributed by atoms with Gasteiger partial charge in [-0.2, -0.15) is 13.2 Å². The number of fused-ring (bicyclic) bond motifs is 1. The third-order valence-corrected chi connectivity index (χ3v) is 6.63. The summed E-state index contributed by atoms with van der Waals surface area (Å²) in [5.74, 6) is -0.105. The summed E-state index contributed by atoms with van der Waals surface area (Å²) in [6.45, 7) is 2.98. The van der Waals surface area contributed by atoms with Crippen LogP contribution in [0.1, 0.15) is 46.4 Å². The largest absolute Gasteiger partial charge is 0.484 e. The van der Waals surface area contributed by atoms with Crippen LogP contribution in [0.15, 0.2) is 59.9 Å². The fourth-order valence-corrected chi connectivity index (χ4v) is 4.76. The van der Waals surface area contributed by atoms with Crippen LogP contribution >= 0.6 is 0 Å². The quantitative estimate of drug-likeness (QED) is 0.341. The number of carbonyl (C=O) groups is 1. The van der Waals surface area contributed by atoms with Crippen molar-refractivity contribution in [3.8, 4) is 16.9 Å². The number of ether oxygens (including phenoxy) is 2. The number of hydrogen-bond donors (Lipinski definition) is 2. The molecule has 7 nitrogen and oxygen atoms in total. The van der Waals surface area contributed by atoms with Gasteiger partial charge in [-0.05, 0) is 72.9 Å². The van der Waals surface area contributed by atoms with Crippen LogP contribution in [0.25, 0.3) is 11.1 Å². The molecule has 37 heavy (non-hydrogen) atoms. The minimum atomic E-state index is -4.65. The maximum atomic E-state index is 13.0. The van der Waals surface area contributed by atoms with Crippen LogP contribution in [-0.4, -0.2) is 40.6 Å². The van der Waals surface area contributed by atoms with Crippen LogP contribution in [0.5, 0.6) is 5.75 Å². The highest BCUT2D eigenvalue weighted by molar-refractivity contribution is 6.05. The van der Waals surface area contributed by atoms with Crippen molar-refractivity contribution >= 4 is 17.3 Å². The van der Waals surface area contributed by atoms with E-state index in [2.05, 4.69) is 15.5 Å². The summed E-state index contributed by atoms with van der Waals surface area (Å²) >= 11 is 0. The molecule has 3 aromatic rings. The number of amides is 1. The number of nitrogens with one attached hydrogen (secondary N) is 1. The predicted octanol–water partition coefficient (Wildman–Crippen LogP) is 5.84. The van der Waals surface area contributed by atoms with E-state index >= 15 is 0 Å². The molecule has 0 saturated carbocycles. The van der Waals surface area contributed by atoms with E-state index in [1.807, 2.05) is 31.2 Å². The van der Waals surface area contributed by atoms with Crippen LogP contribution in [0.3, 0.4) is 0 Å². The highest BCUT2D eigenvalue weighted by Gasteiger charge is 2.41. The van der Waals surface area contributed by atoms with E-state index in [1.54, 1.807) is 12.1 Å². The molecule has 1 atom stereocenters. The molecule has 2 aliphatic heterocycles. The van der Waals surface area contributed by atoms with Crippen LogP contribution < -0.4 is 10.1 Å². The highest BCUT2D eigenvalue weighted by atomic mass is 19.4. The maximum absolute atomic E-state index is 13.0. The monoisotopic (exact) mass is 511 g/mol. The number of hydrogen-bond acceptors (Lipinski definition) is 6. The third-order valence-electron chi connectivity index (χ3n) is 6.63. The fraction of sp³-hybridized carbons (Fsp3) is 0.296. The summed E-state index contributed by atoms with van der Waals surface area (Å²) in [4.78, 5) is 16.0. The smallest absolute Gasteiger partial charge is 0.433 e. The molecule has 0 bridgehead atoms. The fourth-order valence-electron chi connectivity index (χ4n) is 4.76. The molecule has 2 N–H and O–H groups in total. The molecular formula is C27H24F3N3O4. The first-order valence-electron chi connectivity index (χ1n) is 11.8. The van der Waals surface area contributed by atoms with Gasteiger partial charge in [0, 0.05) is 36.0 Å². The summed E-state index contributed by atoms with van der Waals surface area (Å²) in [5.41, 5.74) is 2.31. The number of rotatable bonds is 3. The van der Waals surface area contributed by atoms with Crippen LogP contribution in [0.2, 0.25) is 0 Å². The van der Waals surface area contributed by atoms with Crippen LogP contribution in [0.4, 0.5) is 18.9 Å². The first-order chi connectivity index (χ1) is 17.7. The zero-order chi connectivity index (χ0) is 26.2. The van der Waals surface area contributed by atoms with Gasteiger partial charge in [-0.15, -0.1) is 0 Å². The molecule has 2 aliphatic rings.